The number of benzene rings is 2. The second-order valence-electron chi connectivity index (χ2n) is 8.91. The van der Waals surface area contributed by atoms with Crippen molar-refractivity contribution >= 4 is 11.6 Å². The van der Waals surface area contributed by atoms with E-state index in [1.807, 2.05) is 60.5 Å². The highest BCUT2D eigenvalue weighted by molar-refractivity contribution is 5.83. The third-order valence-corrected chi connectivity index (χ3v) is 6.57. The zero-order valence-corrected chi connectivity index (χ0v) is 21.4. The van der Waals surface area contributed by atoms with Gasteiger partial charge >= 0.3 is 0 Å². The summed E-state index contributed by atoms with van der Waals surface area (Å²) in [5.41, 5.74) is 4.95. The third-order valence-electron chi connectivity index (χ3n) is 6.57. The molecule has 36 heavy (non-hydrogen) atoms. The summed E-state index contributed by atoms with van der Waals surface area (Å²) in [6.45, 7) is 2.08. The molecule has 0 saturated carbocycles. The van der Waals surface area contributed by atoms with Gasteiger partial charge in [0, 0.05) is 26.1 Å². The molecule has 1 aliphatic carbocycles. The minimum absolute atomic E-state index is 0.118. The van der Waals surface area contributed by atoms with Crippen molar-refractivity contribution in [3.05, 3.63) is 81.5 Å². The van der Waals surface area contributed by atoms with Crippen LogP contribution in [0.5, 0.6) is 17.2 Å². The van der Waals surface area contributed by atoms with Crippen LogP contribution in [-0.4, -0.2) is 34.3 Å². The second kappa shape index (κ2) is 10.7. The largest absolute Gasteiger partial charge is 0.493 e. The fraction of sp³-hybridized carbons (Fsp3) is 0.310. The van der Waals surface area contributed by atoms with Gasteiger partial charge in [-0.15, -0.1) is 0 Å². The van der Waals surface area contributed by atoms with Gasteiger partial charge in [-0.3, -0.25) is 9.59 Å². The second-order valence-corrected chi connectivity index (χ2v) is 8.91. The van der Waals surface area contributed by atoms with Crippen LogP contribution >= 0.6 is 0 Å². The van der Waals surface area contributed by atoms with Crippen LogP contribution in [0.2, 0.25) is 0 Å². The SMILES string of the molecule is COc1cc2c(c(OC)c1OC)-c1ccc(N(C)Cc3ccccc3)c(=O)cc1[C@H](NC(C)=O)CC2. The Morgan fingerprint density at radius 1 is 1.00 bits per heavy atom. The Kier molecular flexibility index (Phi) is 7.48. The van der Waals surface area contributed by atoms with E-state index in [9.17, 15) is 9.59 Å². The highest BCUT2D eigenvalue weighted by Crippen LogP contribution is 2.50. The van der Waals surface area contributed by atoms with Crippen molar-refractivity contribution in [2.45, 2.75) is 32.4 Å². The molecule has 0 aliphatic heterocycles. The number of methoxy groups -OCH3 is 3. The molecule has 3 aromatic rings. The summed E-state index contributed by atoms with van der Waals surface area (Å²) in [7, 11) is 6.66. The van der Waals surface area contributed by atoms with Crippen molar-refractivity contribution in [1.29, 1.82) is 0 Å². The van der Waals surface area contributed by atoms with E-state index < -0.39 is 0 Å². The van der Waals surface area contributed by atoms with Gasteiger partial charge < -0.3 is 24.4 Å². The van der Waals surface area contributed by atoms with Gasteiger partial charge in [0.2, 0.25) is 17.1 Å². The predicted molar refractivity (Wildman–Crippen MR) is 141 cm³/mol. The van der Waals surface area contributed by atoms with E-state index in [1.165, 1.54) is 6.92 Å². The highest BCUT2D eigenvalue weighted by Gasteiger charge is 2.29. The summed E-state index contributed by atoms with van der Waals surface area (Å²) in [6, 6.07) is 17.1. The fourth-order valence-corrected chi connectivity index (χ4v) is 4.96. The summed E-state index contributed by atoms with van der Waals surface area (Å²) in [4.78, 5) is 27.6. The standard InChI is InChI=1S/C29H32N2O5/c1-18(32)30-23-13-11-20-15-26(34-3)28(35-4)29(36-5)27(20)21-12-14-24(25(33)16-22(21)23)31(2)17-19-9-7-6-8-10-19/h6-10,12,14-16,23H,11,13,17H2,1-5H3,(H,30,32)/t23-/m1/s1. The first-order valence-electron chi connectivity index (χ1n) is 11.9. The van der Waals surface area contributed by atoms with Gasteiger partial charge in [0.05, 0.1) is 33.1 Å². The number of aryl methyl sites for hydroxylation is 1. The fourth-order valence-electron chi connectivity index (χ4n) is 4.96. The number of amides is 1. The predicted octanol–water partition coefficient (Wildman–Crippen LogP) is 4.50. The van der Waals surface area contributed by atoms with E-state index in [4.69, 9.17) is 14.2 Å². The van der Waals surface area contributed by atoms with Gasteiger partial charge in [-0.2, -0.15) is 0 Å². The van der Waals surface area contributed by atoms with Crippen LogP contribution in [-0.2, 0) is 17.8 Å². The van der Waals surface area contributed by atoms with E-state index in [0.29, 0.717) is 42.3 Å². The van der Waals surface area contributed by atoms with E-state index >= 15 is 0 Å². The van der Waals surface area contributed by atoms with Crippen LogP contribution in [0.25, 0.3) is 11.1 Å². The topological polar surface area (TPSA) is 77.1 Å². The van der Waals surface area contributed by atoms with Gasteiger partial charge in [0.15, 0.2) is 11.5 Å². The van der Waals surface area contributed by atoms with Gasteiger partial charge in [-0.1, -0.05) is 36.4 Å². The first kappa shape index (κ1) is 25.1. The van der Waals surface area contributed by atoms with Crippen molar-refractivity contribution in [2.75, 3.05) is 33.3 Å². The Balaban J connectivity index is 1.95. The van der Waals surface area contributed by atoms with Crippen molar-refractivity contribution in [2.24, 2.45) is 0 Å². The zero-order valence-electron chi connectivity index (χ0n) is 21.4. The molecule has 0 aromatic heterocycles. The summed E-state index contributed by atoms with van der Waals surface area (Å²) in [6.07, 6.45) is 1.28. The summed E-state index contributed by atoms with van der Waals surface area (Å²) < 4.78 is 17.1. The Bertz CT molecular complexity index is 1320. The van der Waals surface area contributed by atoms with Crippen molar-refractivity contribution in [1.82, 2.24) is 5.32 Å². The maximum Gasteiger partial charge on any atom is 0.217 e. The van der Waals surface area contributed by atoms with Crippen molar-refractivity contribution in [3.8, 4) is 28.4 Å². The van der Waals surface area contributed by atoms with E-state index in [-0.39, 0.29) is 17.4 Å². The average Bonchev–Trinajstić information content (AvgIpc) is 3.12. The molecular weight excluding hydrogens is 456 g/mol. The molecule has 188 valence electrons. The molecule has 1 N–H and O–H groups in total. The minimum Gasteiger partial charge on any atom is -0.493 e. The number of anilines is 1. The van der Waals surface area contributed by atoms with E-state index in [0.717, 1.165) is 27.8 Å². The van der Waals surface area contributed by atoms with Crippen molar-refractivity contribution < 1.29 is 19.0 Å². The van der Waals surface area contributed by atoms with Crippen LogP contribution in [0.1, 0.15) is 36.1 Å². The number of carbonyl (C=O) groups excluding carboxylic acids is 1. The van der Waals surface area contributed by atoms with Gasteiger partial charge in [0.1, 0.15) is 0 Å². The maximum absolute atomic E-state index is 13.5. The van der Waals surface area contributed by atoms with Crippen molar-refractivity contribution in [3.63, 3.8) is 0 Å². The number of rotatable bonds is 7. The van der Waals surface area contributed by atoms with Crippen LogP contribution in [0.15, 0.2) is 59.4 Å². The lowest BCUT2D eigenvalue weighted by Crippen LogP contribution is -2.27. The quantitative estimate of drug-likeness (QED) is 0.528. The first-order chi connectivity index (χ1) is 17.4. The van der Waals surface area contributed by atoms with Gasteiger partial charge in [-0.25, -0.2) is 0 Å². The van der Waals surface area contributed by atoms with E-state index in [1.54, 1.807) is 27.4 Å². The molecule has 1 amide bonds. The lowest BCUT2D eigenvalue weighted by molar-refractivity contribution is -0.119. The van der Waals surface area contributed by atoms with E-state index in [2.05, 4.69) is 5.32 Å². The molecular formula is C29H32N2O5. The summed E-state index contributed by atoms with van der Waals surface area (Å²) >= 11 is 0. The monoisotopic (exact) mass is 488 g/mol. The Labute approximate surface area is 211 Å². The van der Waals surface area contributed by atoms with Gasteiger partial charge in [-0.05, 0) is 53.3 Å². The van der Waals surface area contributed by atoms with Gasteiger partial charge in [0.25, 0.3) is 0 Å². The molecule has 1 atom stereocenters. The molecule has 0 saturated heterocycles. The number of ether oxygens (including phenoxy) is 3. The Hall–Kier alpha value is -4.00. The number of hydrogen-bond acceptors (Lipinski definition) is 6. The molecule has 1 aliphatic rings. The number of nitrogens with one attached hydrogen (secondary N) is 1. The number of fused-ring (bicyclic) bond motifs is 3. The molecule has 0 fully saturated rings. The first-order valence-corrected chi connectivity index (χ1v) is 11.9. The molecule has 7 heteroatoms. The number of carbonyl (C=O) groups is 1. The van der Waals surface area contributed by atoms with Crippen LogP contribution < -0.4 is 29.9 Å². The molecule has 7 nitrogen and oxygen atoms in total. The van der Waals surface area contributed by atoms with Crippen LogP contribution in [0.4, 0.5) is 5.69 Å². The smallest absolute Gasteiger partial charge is 0.217 e. The molecule has 4 rings (SSSR count). The summed E-state index contributed by atoms with van der Waals surface area (Å²) in [5.74, 6) is 1.44. The zero-order chi connectivity index (χ0) is 25.8. The number of hydrogen-bond donors (Lipinski definition) is 1. The lowest BCUT2D eigenvalue weighted by Gasteiger charge is -2.19. The molecule has 0 radical (unpaired) electrons. The Morgan fingerprint density at radius 3 is 2.36 bits per heavy atom. The molecule has 0 unspecified atom stereocenters. The normalized spacial score (nSPS) is 14.1. The maximum atomic E-state index is 13.5. The minimum atomic E-state index is -0.334. The number of nitrogens with zero attached hydrogens (tertiary/aromatic N) is 1. The Morgan fingerprint density at radius 2 is 1.72 bits per heavy atom. The molecule has 0 bridgehead atoms. The molecule has 0 heterocycles. The summed E-state index contributed by atoms with van der Waals surface area (Å²) in [5, 5.41) is 3.04. The highest BCUT2D eigenvalue weighted by atomic mass is 16.5. The van der Waals surface area contributed by atoms with Crippen LogP contribution in [0.3, 0.4) is 0 Å². The molecule has 3 aromatic carbocycles. The average molecular weight is 489 g/mol. The van der Waals surface area contributed by atoms with Crippen LogP contribution in [0, 0.1) is 0 Å². The lowest BCUT2D eigenvalue weighted by atomic mass is 9.95. The molecule has 0 spiro atoms. The third kappa shape index (κ3) is 4.87.